The molecule has 6 aliphatic carbocycles. The van der Waals surface area contributed by atoms with Crippen molar-refractivity contribution in [3.8, 4) is 28.7 Å². The third-order valence-electron chi connectivity index (χ3n) is 21.6. The maximum absolute atomic E-state index is 11.8. The van der Waals surface area contributed by atoms with Crippen LogP contribution in [0.2, 0.25) is 0 Å². The van der Waals surface area contributed by atoms with E-state index in [1.165, 1.54) is 18.4 Å². The van der Waals surface area contributed by atoms with Gasteiger partial charge >= 0.3 is 0 Å². The quantitative estimate of drug-likeness (QED) is 0.280. The molecule has 0 radical (unpaired) electrons. The van der Waals surface area contributed by atoms with Crippen LogP contribution < -0.4 is 14.2 Å². The predicted octanol–water partition coefficient (Wildman–Crippen LogP) is 12.4. The molecular weight excluding hydrogens is 745 g/mol. The predicted molar refractivity (Wildman–Crippen MR) is 238 cm³/mol. The number of aromatic hydroxyl groups is 1. The molecule has 14 unspecified atom stereocenters. The largest absolute Gasteiger partial charge is 0.504 e. The number of hydrogen-bond donors (Lipinski definition) is 3. The van der Waals surface area contributed by atoms with Gasteiger partial charge in [0, 0.05) is 17.4 Å². The smallest absolute Gasteiger partial charge is 0.175 e. The molecule has 330 valence electrons. The lowest BCUT2D eigenvalue weighted by atomic mass is 9.37. The fraction of sp³-hybridized carbons (Fsp3) is 0.778. The number of fused-ring (bicyclic) bond motifs is 12. The molecule has 2 aliphatic heterocycles. The number of phenols is 1. The summed E-state index contributed by atoms with van der Waals surface area (Å²) in [5, 5.41) is 34.2. The van der Waals surface area contributed by atoms with Gasteiger partial charge in [-0.1, -0.05) is 55.4 Å². The first-order valence-electron chi connectivity index (χ1n) is 24.3. The van der Waals surface area contributed by atoms with E-state index in [4.69, 9.17) is 14.2 Å². The standard InChI is InChI=1S/C54H78O6/c1-30-25-33(27-32-28-40-51(9)19-13-36-47(3,4)42(56)17-21-49(36,7)38(51)15-23-53(40,11)59-44(30)32)58-46-34-29-41-52(10)20-14-37-48(5,6)43(57)18-22-50(37,8)39(52)16-24-54(41,12)60-45(34)31(2)26-35(46)55/h25-27,36-43,55-57H,13-24,28-29H2,1-12H3. The highest BCUT2D eigenvalue weighted by Gasteiger charge is 2.68. The average Bonchev–Trinajstić information content (AvgIpc) is 3.15. The molecule has 6 heteroatoms. The number of ether oxygens (including phenoxy) is 3. The van der Waals surface area contributed by atoms with Crippen LogP contribution >= 0.6 is 0 Å². The van der Waals surface area contributed by atoms with Gasteiger partial charge in [0.25, 0.3) is 0 Å². The molecular formula is C54H78O6. The summed E-state index contributed by atoms with van der Waals surface area (Å²) in [6.45, 7) is 28.6. The first-order valence-corrected chi connectivity index (χ1v) is 24.3. The summed E-state index contributed by atoms with van der Waals surface area (Å²) in [7, 11) is 0. The molecule has 14 atom stereocenters. The Balaban J connectivity index is 0.974. The van der Waals surface area contributed by atoms with Crippen LogP contribution in [0.25, 0.3) is 0 Å². The van der Waals surface area contributed by atoms with E-state index in [0.29, 0.717) is 35.3 Å². The van der Waals surface area contributed by atoms with Gasteiger partial charge in [-0.2, -0.15) is 0 Å². The molecule has 0 amide bonds. The molecule has 6 nitrogen and oxygen atoms in total. The molecule has 6 fully saturated rings. The molecule has 2 heterocycles. The number of aryl methyl sites for hydroxylation is 2. The summed E-state index contributed by atoms with van der Waals surface area (Å²) in [4.78, 5) is 0. The van der Waals surface area contributed by atoms with Crippen molar-refractivity contribution in [2.24, 2.45) is 68.0 Å². The highest BCUT2D eigenvalue weighted by molar-refractivity contribution is 5.61. The molecule has 3 N–H and O–H groups in total. The molecule has 60 heavy (non-hydrogen) atoms. The number of benzene rings is 2. The Kier molecular flexibility index (Phi) is 8.90. The van der Waals surface area contributed by atoms with Crippen molar-refractivity contribution in [3.63, 3.8) is 0 Å². The molecule has 2 aromatic carbocycles. The number of rotatable bonds is 2. The van der Waals surface area contributed by atoms with Crippen molar-refractivity contribution in [1.82, 2.24) is 0 Å². The summed E-state index contributed by atoms with van der Waals surface area (Å²) in [6, 6.07) is 6.19. The SMILES string of the molecule is Cc1cc(Oc2c(O)cc(C)c3c2CC2C(C)(CCC4C2(C)CCC2C(C)(C)C(O)CCC24C)O3)cc2c1OC1(C)CCC3C(C)(CCC4C(C)(C)C(O)CCC43C)C1C2. The van der Waals surface area contributed by atoms with E-state index in [1.807, 2.05) is 6.07 Å². The van der Waals surface area contributed by atoms with Crippen molar-refractivity contribution >= 4 is 0 Å². The van der Waals surface area contributed by atoms with Gasteiger partial charge in [0.2, 0.25) is 0 Å². The molecule has 8 aliphatic rings. The molecule has 10 rings (SSSR count). The Bertz CT molecular complexity index is 2100. The maximum Gasteiger partial charge on any atom is 0.175 e. The minimum Gasteiger partial charge on any atom is -0.504 e. The Hall–Kier alpha value is -2.44. The highest BCUT2D eigenvalue weighted by atomic mass is 16.5. The summed E-state index contributed by atoms with van der Waals surface area (Å²) < 4.78 is 21.5. The lowest BCUT2D eigenvalue weighted by Crippen LogP contribution is -2.66. The van der Waals surface area contributed by atoms with Crippen molar-refractivity contribution in [2.75, 3.05) is 0 Å². The Morgan fingerprint density at radius 2 is 0.950 bits per heavy atom. The Morgan fingerprint density at radius 3 is 1.48 bits per heavy atom. The number of aliphatic hydroxyl groups is 2. The summed E-state index contributed by atoms with van der Waals surface area (Å²) >= 11 is 0. The zero-order valence-corrected chi connectivity index (χ0v) is 39.3. The van der Waals surface area contributed by atoms with E-state index in [0.717, 1.165) is 111 Å². The van der Waals surface area contributed by atoms with Crippen LogP contribution in [0.15, 0.2) is 18.2 Å². The Morgan fingerprint density at radius 1 is 0.517 bits per heavy atom. The van der Waals surface area contributed by atoms with Crippen molar-refractivity contribution in [1.29, 1.82) is 0 Å². The minimum absolute atomic E-state index is 0.0642. The Labute approximate surface area is 361 Å². The number of aliphatic hydroxyl groups excluding tert-OH is 2. The molecule has 0 saturated heterocycles. The van der Waals surface area contributed by atoms with E-state index in [9.17, 15) is 15.3 Å². The molecule has 6 saturated carbocycles. The van der Waals surface area contributed by atoms with Crippen LogP contribution in [0.5, 0.6) is 28.7 Å². The van der Waals surface area contributed by atoms with Crippen molar-refractivity contribution in [2.45, 2.75) is 196 Å². The lowest BCUT2D eigenvalue weighted by Gasteiger charge is -2.69. The normalized spacial score (nSPS) is 46.9. The second kappa shape index (κ2) is 12.9. The van der Waals surface area contributed by atoms with E-state index in [-0.39, 0.29) is 67.6 Å². The topological polar surface area (TPSA) is 88.4 Å². The van der Waals surface area contributed by atoms with Crippen LogP contribution in [0.1, 0.15) is 169 Å². The summed E-state index contributed by atoms with van der Waals surface area (Å²) in [6.07, 6.45) is 14.3. The van der Waals surface area contributed by atoms with Crippen molar-refractivity contribution in [3.05, 3.63) is 40.5 Å². The van der Waals surface area contributed by atoms with Gasteiger partial charge in [-0.3, -0.25) is 0 Å². The van der Waals surface area contributed by atoms with Crippen molar-refractivity contribution < 1.29 is 29.5 Å². The summed E-state index contributed by atoms with van der Waals surface area (Å²) in [5.74, 6) is 6.21. The van der Waals surface area contributed by atoms with Crippen LogP contribution in [0.4, 0.5) is 0 Å². The fourth-order valence-electron chi connectivity index (χ4n) is 18.5. The zero-order valence-electron chi connectivity index (χ0n) is 39.3. The van der Waals surface area contributed by atoms with Gasteiger partial charge in [0.15, 0.2) is 11.5 Å². The second-order valence-corrected chi connectivity index (χ2v) is 25.2. The lowest BCUT2D eigenvalue weighted by molar-refractivity contribution is -0.223. The van der Waals surface area contributed by atoms with E-state index >= 15 is 0 Å². The zero-order chi connectivity index (χ0) is 43.0. The van der Waals surface area contributed by atoms with Gasteiger partial charge in [-0.15, -0.1) is 0 Å². The van der Waals surface area contributed by atoms with Gasteiger partial charge < -0.3 is 29.5 Å². The third-order valence-corrected chi connectivity index (χ3v) is 21.6. The van der Waals surface area contributed by atoms with Crippen LogP contribution in [0, 0.1) is 81.8 Å². The first-order chi connectivity index (χ1) is 27.9. The van der Waals surface area contributed by atoms with Crippen LogP contribution in [-0.4, -0.2) is 38.7 Å². The monoisotopic (exact) mass is 823 g/mol. The van der Waals surface area contributed by atoms with E-state index < -0.39 is 0 Å². The average molecular weight is 823 g/mol. The fourth-order valence-corrected chi connectivity index (χ4v) is 18.5. The van der Waals surface area contributed by atoms with E-state index in [2.05, 4.69) is 95.2 Å². The van der Waals surface area contributed by atoms with Crippen LogP contribution in [0.3, 0.4) is 0 Å². The van der Waals surface area contributed by atoms with Gasteiger partial charge in [-0.25, -0.2) is 0 Å². The van der Waals surface area contributed by atoms with Crippen LogP contribution in [-0.2, 0) is 12.8 Å². The highest BCUT2D eigenvalue weighted by Crippen LogP contribution is 2.73. The van der Waals surface area contributed by atoms with Gasteiger partial charge in [-0.05, 0) is 209 Å². The molecule has 0 bridgehead atoms. The molecule has 0 spiro atoms. The number of hydrogen-bond acceptors (Lipinski definition) is 6. The summed E-state index contributed by atoms with van der Waals surface area (Å²) in [5.41, 5.74) is 4.19. The molecule has 0 aromatic heterocycles. The third kappa shape index (κ3) is 5.37. The van der Waals surface area contributed by atoms with Gasteiger partial charge in [0.05, 0.1) is 12.2 Å². The first kappa shape index (κ1) is 41.6. The molecule has 2 aromatic rings. The van der Waals surface area contributed by atoms with E-state index in [1.54, 1.807) is 0 Å². The second-order valence-electron chi connectivity index (χ2n) is 25.2. The number of phenolic OH excluding ortho intramolecular Hbond substituents is 1. The van der Waals surface area contributed by atoms with Gasteiger partial charge in [0.1, 0.15) is 28.5 Å². The maximum atomic E-state index is 11.8. The minimum atomic E-state index is -0.298.